The number of ether oxygens (including phenoxy) is 1. The van der Waals surface area contributed by atoms with Gasteiger partial charge in [-0.15, -0.1) is 0 Å². The Morgan fingerprint density at radius 3 is 2.62 bits per heavy atom. The first-order valence-electron chi connectivity index (χ1n) is 6.66. The Kier molecular flexibility index (Phi) is 5.66. The van der Waals surface area contributed by atoms with Crippen molar-refractivity contribution in [3.05, 3.63) is 70.3 Å². The summed E-state index contributed by atoms with van der Waals surface area (Å²) in [5.41, 5.74) is 1.01. The number of rotatable bonds is 4. The van der Waals surface area contributed by atoms with E-state index in [0.717, 1.165) is 12.0 Å². The highest BCUT2D eigenvalue weighted by Gasteiger charge is 2.18. The molecule has 0 unspecified atom stereocenters. The third-order valence-electron chi connectivity index (χ3n) is 3.37. The zero-order chi connectivity index (χ0) is 15.2. The summed E-state index contributed by atoms with van der Waals surface area (Å²) in [5.74, 6) is -0.188. The Balaban J connectivity index is 2.34. The van der Waals surface area contributed by atoms with E-state index in [1.54, 1.807) is 6.07 Å². The van der Waals surface area contributed by atoms with Gasteiger partial charge in [0.05, 0.1) is 17.2 Å². The number of halogens is 2. The van der Waals surface area contributed by atoms with Crippen LogP contribution < -0.4 is 0 Å². The molecule has 0 fully saturated rings. The number of allylic oxidation sites excluding steroid dienone is 5. The molecule has 0 aromatic heterocycles. The van der Waals surface area contributed by atoms with Crippen LogP contribution in [-0.4, -0.2) is 13.1 Å². The van der Waals surface area contributed by atoms with Crippen LogP contribution in [0.1, 0.15) is 17.9 Å². The van der Waals surface area contributed by atoms with Gasteiger partial charge in [-0.05, 0) is 24.1 Å². The largest absolute Gasteiger partial charge is 0.466 e. The average molecular weight is 323 g/mol. The van der Waals surface area contributed by atoms with Gasteiger partial charge in [-0.25, -0.2) is 4.79 Å². The van der Waals surface area contributed by atoms with Gasteiger partial charge in [0.2, 0.25) is 0 Å². The lowest BCUT2D eigenvalue weighted by molar-refractivity contribution is -0.134. The van der Waals surface area contributed by atoms with Crippen LogP contribution in [0.5, 0.6) is 0 Å². The van der Waals surface area contributed by atoms with Gasteiger partial charge in [0.15, 0.2) is 0 Å². The highest BCUT2D eigenvalue weighted by Crippen LogP contribution is 2.34. The fraction of sp³-hybridized carbons (Fsp3) is 0.235. The molecule has 0 spiro atoms. The van der Waals surface area contributed by atoms with Gasteiger partial charge in [0.25, 0.3) is 0 Å². The first-order chi connectivity index (χ1) is 10.1. The van der Waals surface area contributed by atoms with Crippen molar-refractivity contribution in [2.75, 3.05) is 7.11 Å². The molecule has 21 heavy (non-hydrogen) atoms. The summed E-state index contributed by atoms with van der Waals surface area (Å²) in [6, 6.07) is 5.54. The lowest BCUT2D eigenvalue weighted by atomic mass is 9.83. The van der Waals surface area contributed by atoms with Gasteiger partial charge in [-0.1, -0.05) is 59.6 Å². The predicted octanol–water partition coefficient (Wildman–Crippen LogP) is 4.94. The molecule has 0 N–H and O–H groups in total. The van der Waals surface area contributed by atoms with E-state index in [9.17, 15) is 4.79 Å². The maximum atomic E-state index is 11.4. The Hall–Kier alpha value is -1.51. The van der Waals surface area contributed by atoms with E-state index >= 15 is 0 Å². The minimum atomic E-state index is -0.371. The molecule has 0 bridgehead atoms. The highest BCUT2D eigenvalue weighted by atomic mass is 35.5. The van der Waals surface area contributed by atoms with Crippen LogP contribution in [0.4, 0.5) is 0 Å². The summed E-state index contributed by atoms with van der Waals surface area (Å²) >= 11 is 12.1. The molecular weight excluding hydrogens is 307 g/mol. The third-order valence-corrected chi connectivity index (χ3v) is 4.11. The van der Waals surface area contributed by atoms with E-state index in [0.29, 0.717) is 10.0 Å². The summed E-state index contributed by atoms with van der Waals surface area (Å²) in [4.78, 5) is 11.4. The SMILES string of the molecule is COC(=O)/C=C/[C@@H](c1ccc(Cl)c(Cl)c1)C1C=CCC=C1. The van der Waals surface area contributed by atoms with Crippen molar-refractivity contribution in [1.82, 2.24) is 0 Å². The summed E-state index contributed by atoms with van der Waals surface area (Å²) < 4.78 is 4.66. The zero-order valence-corrected chi connectivity index (χ0v) is 13.1. The van der Waals surface area contributed by atoms with E-state index < -0.39 is 0 Å². The zero-order valence-electron chi connectivity index (χ0n) is 11.6. The lowest BCUT2D eigenvalue weighted by Gasteiger charge is -2.21. The minimum Gasteiger partial charge on any atom is -0.466 e. The summed E-state index contributed by atoms with van der Waals surface area (Å²) in [6.45, 7) is 0. The minimum absolute atomic E-state index is 0.00617. The van der Waals surface area contributed by atoms with Gasteiger partial charge in [-0.2, -0.15) is 0 Å². The van der Waals surface area contributed by atoms with Crippen molar-refractivity contribution in [1.29, 1.82) is 0 Å². The summed E-state index contributed by atoms with van der Waals surface area (Å²) in [7, 11) is 1.36. The standard InChI is InChI=1S/C17H16Cl2O2/c1-21-17(20)10-8-14(12-5-3-2-4-6-12)13-7-9-15(18)16(19)11-13/h3-12,14H,2H2,1H3/b10-8+/t14-/m1/s1. The van der Waals surface area contributed by atoms with Gasteiger partial charge in [-0.3, -0.25) is 0 Å². The summed E-state index contributed by atoms with van der Waals surface area (Å²) in [5, 5.41) is 1.03. The Morgan fingerprint density at radius 1 is 1.29 bits per heavy atom. The van der Waals surface area contributed by atoms with E-state index in [1.807, 2.05) is 18.2 Å². The molecular formula is C17H16Cl2O2. The summed E-state index contributed by atoms with van der Waals surface area (Å²) in [6.07, 6.45) is 12.7. The van der Waals surface area contributed by atoms with Crippen LogP contribution in [-0.2, 0) is 9.53 Å². The second-order valence-electron chi connectivity index (χ2n) is 4.75. The molecule has 0 saturated heterocycles. The van der Waals surface area contributed by atoms with Crippen molar-refractivity contribution in [3.63, 3.8) is 0 Å². The van der Waals surface area contributed by atoms with E-state index in [4.69, 9.17) is 23.2 Å². The first-order valence-corrected chi connectivity index (χ1v) is 7.42. The van der Waals surface area contributed by atoms with Crippen molar-refractivity contribution < 1.29 is 9.53 Å². The van der Waals surface area contributed by atoms with Crippen LogP contribution >= 0.6 is 23.2 Å². The number of carbonyl (C=O) groups excluding carboxylic acids is 1. The molecule has 1 aromatic rings. The Bertz CT molecular complexity index is 591. The normalized spacial score (nSPS) is 16.3. The fourth-order valence-electron chi connectivity index (χ4n) is 2.29. The maximum absolute atomic E-state index is 11.4. The molecule has 4 heteroatoms. The Labute approximate surface area is 134 Å². The van der Waals surface area contributed by atoms with Gasteiger partial charge < -0.3 is 4.74 Å². The smallest absolute Gasteiger partial charge is 0.330 e. The quantitative estimate of drug-likeness (QED) is 0.446. The van der Waals surface area contributed by atoms with Crippen LogP contribution in [0.2, 0.25) is 10.0 Å². The number of hydrogen-bond acceptors (Lipinski definition) is 2. The van der Waals surface area contributed by atoms with Crippen molar-refractivity contribution in [2.24, 2.45) is 5.92 Å². The molecule has 1 aliphatic rings. The molecule has 0 amide bonds. The molecule has 1 aliphatic carbocycles. The molecule has 1 aromatic carbocycles. The van der Waals surface area contributed by atoms with Gasteiger partial charge in [0.1, 0.15) is 0 Å². The number of benzene rings is 1. The first kappa shape index (κ1) is 15.9. The molecule has 1 atom stereocenters. The van der Waals surface area contributed by atoms with Gasteiger partial charge in [0, 0.05) is 17.9 Å². The number of hydrogen-bond donors (Lipinski definition) is 0. The van der Waals surface area contributed by atoms with Crippen molar-refractivity contribution in [2.45, 2.75) is 12.3 Å². The fourth-order valence-corrected chi connectivity index (χ4v) is 2.59. The molecule has 0 aliphatic heterocycles. The lowest BCUT2D eigenvalue weighted by Crippen LogP contribution is -2.09. The predicted molar refractivity (Wildman–Crippen MR) is 86.7 cm³/mol. The van der Waals surface area contributed by atoms with Crippen LogP contribution in [0.15, 0.2) is 54.7 Å². The molecule has 0 saturated carbocycles. The second kappa shape index (κ2) is 7.48. The van der Waals surface area contributed by atoms with Crippen molar-refractivity contribution in [3.8, 4) is 0 Å². The number of carbonyl (C=O) groups is 1. The molecule has 110 valence electrons. The van der Waals surface area contributed by atoms with Crippen molar-refractivity contribution >= 4 is 29.2 Å². The molecule has 0 heterocycles. The number of esters is 1. The monoisotopic (exact) mass is 322 g/mol. The average Bonchev–Trinajstić information content (AvgIpc) is 2.51. The molecule has 2 nitrogen and oxygen atoms in total. The van der Waals surface area contributed by atoms with E-state index in [-0.39, 0.29) is 17.8 Å². The van der Waals surface area contributed by atoms with Crippen LogP contribution in [0.25, 0.3) is 0 Å². The van der Waals surface area contributed by atoms with Crippen LogP contribution in [0, 0.1) is 5.92 Å². The molecule has 0 radical (unpaired) electrons. The highest BCUT2D eigenvalue weighted by molar-refractivity contribution is 6.42. The van der Waals surface area contributed by atoms with E-state index in [2.05, 4.69) is 29.0 Å². The number of methoxy groups -OCH3 is 1. The topological polar surface area (TPSA) is 26.3 Å². The Morgan fingerprint density at radius 2 is 2.00 bits per heavy atom. The second-order valence-corrected chi connectivity index (χ2v) is 5.57. The van der Waals surface area contributed by atoms with E-state index in [1.165, 1.54) is 13.2 Å². The van der Waals surface area contributed by atoms with Crippen LogP contribution in [0.3, 0.4) is 0 Å². The third kappa shape index (κ3) is 4.23. The molecule has 2 rings (SSSR count). The van der Waals surface area contributed by atoms with Gasteiger partial charge >= 0.3 is 5.97 Å². The maximum Gasteiger partial charge on any atom is 0.330 e.